The third-order valence-corrected chi connectivity index (χ3v) is 5.20. The molecule has 1 N–H and O–H groups in total. The van der Waals surface area contributed by atoms with E-state index in [-0.39, 0.29) is 18.1 Å². The number of amides is 1. The Kier molecular flexibility index (Phi) is 5.57. The highest BCUT2D eigenvalue weighted by molar-refractivity contribution is 5.81. The van der Waals surface area contributed by atoms with Crippen LogP contribution in [-0.2, 0) is 4.79 Å². The summed E-state index contributed by atoms with van der Waals surface area (Å²) in [5.41, 5.74) is 0.433. The molecule has 1 heterocycles. The molecule has 25 heavy (non-hydrogen) atoms. The Morgan fingerprint density at radius 2 is 2.00 bits per heavy atom. The van der Waals surface area contributed by atoms with Gasteiger partial charge in [-0.05, 0) is 38.3 Å². The Balaban J connectivity index is 1.54. The summed E-state index contributed by atoms with van der Waals surface area (Å²) in [6.45, 7) is 4.60. The van der Waals surface area contributed by atoms with Crippen LogP contribution in [0.15, 0.2) is 24.3 Å². The molecule has 1 aliphatic carbocycles. The van der Waals surface area contributed by atoms with Crippen LogP contribution in [-0.4, -0.2) is 65.2 Å². The van der Waals surface area contributed by atoms with E-state index in [1.54, 1.807) is 31.2 Å². The van der Waals surface area contributed by atoms with Gasteiger partial charge in [0.15, 0.2) is 6.10 Å². The van der Waals surface area contributed by atoms with Gasteiger partial charge in [0.2, 0.25) is 0 Å². The fourth-order valence-electron chi connectivity index (χ4n) is 3.78. The van der Waals surface area contributed by atoms with Gasteiger partial charge in [-0.15, -0.1) is 0 Å². The minimum Gasteiger partial charge on any atom is -0.480 e. The van der Waals surface area contributed by atoms with Gasteiger partial charge in [0, 0.05) is 32.2 Å². The van der Waals surface area contributed by atoms with Gasteiger partial charge in [0.1, 0.15) is 11.8 Å². The fraction of sp³-hybridized carbons (Fsp3) is 0.579. The van der Waals surface area contributed by atoms with Crippen LogP contribution >= 0.6 is 0 Å². The lowest BCUT2D eigenvalue weighted by atomic mass is 10.1. The van der Waals surface area contributed by atoms with Gasteiger partial charge in [-0.25, -0.2) is 0 Å². The second-order valence-corrected chi connectivity index (χ2v) is 6.79. The number of piperazine rings is 1. The first-order valence-corrected chi connectivity index (χ1v) is 8.97. The Bertz CT molecular complexity index is 650. The molecule has 0 aromatic heterocycles. The van der Waals surface area contributed by atoms with E-state index in [1.165, 1.54) is 0 Å². The van der Waals surface area contributed by atoms with Gasteiger partial charge in [-0.1, -0.05) is 12.1 Å². The molecule has 1 aromatic carbocycles. The number of hydrogen-bond donors (Lipinski definition) is 1. The van der Waals surface area contributed by atoms with Gasteiger partial charge >= 0.3 is 0 Å². The van der Waals surface area contributed by atoms with Crippen LogP contribution in [0, 0.1) is 11.3 Å². The Labute approximate surface area is 148 Å². The molecule has 2 aliphatic rings. The molecular formula is C19H25N3O3. The second kappa shape index (κ2) is 7.85. The number of rotatable bonds is 4. The molecule has 6 nitrogen and oxygen atoms in total. The van der Waals surface area contributed by atoms with E-state index in [9.17, 15) is 9.90 Å². The summed E-state index contributed by atoms with van der Waals surface area (Å²) in [5.74, 6) is 0.387. The Morgan fingerprint density at radius 1 is 1.28 bits per heavy atom. The highest BCUT2D eigenvalue weighted by Crippen LogP contribution is 2.25. The Hall–Kier alpha value is -2.10. The second-order valence-electron chi connectivity index (χ2n) is 6.79. The van der Waals surface area contributed by atoms with E-state index in [0.29, 0.717) is 24.4 Å². The van der Waals surface area contributed by atoms with Crippen LogP contribution in [0.3, 0.4) is 0 Å². The first-order valence-electron chi connectivity index (χ1n) is 8.97. The van der Waals surface area contributed by atoms with Crippen LogP contribution < -0.4 is 4.74 Å². The van der Waals surface area contributed by atoms with Crippen molar-refractivity contribution in [2.24, 2.45) is 0 Å². The van der Waals surface area contributed by atoms with Crippen molar-refractivity contribution >= 4 is 5.91 Å². The molecule has 0 bridgehead atoms. The molecular weight excluding hydrogens is 318 g/mol. The van der Waals surface area contributed by atoms with E-state index in [4.69, 9.17) is 10.00 Å². The number of carbonyl (C=O) groups excluding carboxylic acids is 1. The lowest BCUT2D eigenvalue weighted by molar-refractivity contribution is -0.140. The van der Waals surface area contributed by atoms with Gasteiger partial charge in [0.25, 0.3) is 5.91 Å². The number of para-hydroxylation sites is 1. The first kappa shape index (κ1) is 17.7. The number of carbonyl (C=O) groups is 1. The monoisotopic (exact) mass is 343 g/mol. The summed E-state index contributed by atoms with van der Waals surface area (Å²) in [6.07, 6.45) is 2.14. The average molecular weight is 343 g/mol. The molecule has 1 aliphatic heterocycles. The first-order chi connectivity index (χ1) is 12.1. The normalized spacial score (nSPS) is 25.4. The molecule has 134 valence electrons. The van der Waals surface area contributed by atoms with Crippen molar-refractivity contribution in [2.45, 2.75) is 44.4 Å². The van der Waals surface area contributed by atoms with Gasteiger partial charge in [-0.3, -0.25) is 9.69 Å². The summed E-state index contributed by atoms with van der Waals surface area (Å²) < 4.78 is 5.73. The lowest BCUT2D eigenvalue weighted by Crippen LogP contribution is -2.55. The number of benzene rings is 1. The summed E-state index contributed by atoms with van der Waals surface area (Å²) in [5, 5.41) is 19.2. The quantitative estimate of drug-likeness (QED) is 0.894. The molecule has 0 radical (unpaired) electrons. The maximum Gasteiger partial charge on any atom is 0.263 e. The van der Waals surface area contributed by atoms with E-state index in [1.807, 2.05) is 4.90 Å². The van der Waals surface area contributed by atoms with Crippen molar-refractivity contribution in [2.75, 3.05) is 26.2 Å². The number of ether oxygens (including phenoxy) is 1. The highest BCUT2D eigenvalue weighted by Gasteiger charge is 2.34. The summed E-state index contributed by atoms with van der Waals surface area (Å²) >= 11 is 0. The number of hydrogen-bond acceptors (Lipinski definition) is 5. The summed E-state index contributed by atoms with van der Waals surface area (Å²) in [4.78, 5) is 16.8. The Morgan fingerprint density at radius 3 is 2.64 bits per heavy atom. The number of aliphatic hydroxyl groups excluding tert-OH is 1. The van der Waals surface area contributed by atoms with Crippen molar-refractivity contribution in [1.29, 1.82) is 5.26 Å². The number of aliphatic hydroxyl groups is 1. The van der Waals surface area contributed by atoms with E-state index in [0.717, 1.165) is 32.4 Å². The van der Waals surface area contributed by atoms with Crippen molar-refractivity contribution in [3.63, 3.8) is 0 Å². The third-order valence-electron chi connectivity index (χ3n) is 5.20. The van der Waals surface area contributed by atoms with Crippen LogP contribution in [0.2, 0.25) is 0 Å². The minimum absolute atomic E-state index is 0.0561. The van der Waals surface area contributed by atoms with Crippen LogP contribution in [0.5, 0.6) is 5.75 Å². The van der Waals surface area contributed by atoms with E-state index < -0.39 is 6.10 Å². The minimum atomic E-state index is -0.627. The fourth-order valence-corrected chi connectivity index (χ4v) is 3.78. The van der Waals surface area contributed by atoms with Gasteiger partial charge in [-0.2, -0.15) is 5.26 Å². The van der Waals surface area contributed by atoms with Crippen molar-refractivity contribution < 1.29 is 14.6 Å². The lowest BCUT2D eigenvalue weighted by Gasteiger charge is -2.39. The predicted octanol–water partition coefficient (Wildman–Crippen LogP) is 1.38. The molecule has 1 amide bonds. The van der Waals surface area contributed by atoms with Crippen molar-refractivity contribution in [3.8, 4) is 11.8 Å². The summed E-state index contributed by atoms with van der Waals surface area (Å²) in [7, 11) is 0. The smallest absolute Gasteiger partial charge is 0.263 e. The number of nitrogens with zero attached hydrogens (tertiary/aromatic N) is 3. The maximum absolute atomic E-state index is 12.6. The predicted molar refractivity (Wildman–Crippen MR) is 93.0 cm³/mol. The molecule has 0 spiro atoms. The highest BCUT2D eigenvalue weighted by atomic mass is 16.5. The zero-order chi connectivity index (χ0) is 17.8. The maximum atomic E-state index is 12.6. The largest absolute Gasteiger partial charge is 0.480 e. The van der Waals surface area contributed by atoms with Crippen molar-refractivity contribution in [1.82, 2.24) is 9.80 Å². The number of nitriles is 1. The molecule has 2 fully saturated rings. The van der Waals surface area contributed by atoms with Crippen LogP contribution in [0.1, 0.15) is 31.7 Å². The van der Waals surface area contributed by atoms with Crippen LogP contribution in [0.4, 0.5) is 0 Å². The van der Waals surface area contributed by atoms with E-state index in [2.05, 4.69) is 11.0 Å². The molecule has 1 aromatic rings. The molecule has 1 saturated heterocycles. The SMILES string of the molecule is C[C@H](Oc1ccccc1C#N)C(=O)N1CCN([C@@H]2CCC[C@@H]2O)CC1. The zero-order valence-electron chi connectivity index (χ0n) is 14.6. The van der Waals surface area contributed by atoms with E-state index >= 15 is 0 Å². The summed E-state index contributed by atoms with van der Waals surface area (Å²) in [6, 6.07) is 9.28. The molecule has 3 rings (SSSR count). The standard InChI is InChI=1S/C19H25N3O3/c1-14(25-18-8-3-2-5-15(18)13-20)19(24)22-11-9-21(10-12-22)16-6-4-7-17(16)23/h2-3,5,8,14,16-17,23H,4,6-7,9-12H2,1H3/t14-,16+,17-/m0/s1. The third kappa shape index (κ3) is 3.94. The average Bonchev–Trinajstić information content (AvgIpc) is 3.07. The van der Waals surface area contributed by atoms with Crippen LogP contribution in [0.25, 0.3) is 0 Å². The van der Waals surface area contributed by atoms with Gasteiger partial charge < -0.3 is 14.7 Å². The topological polar surface area (TPSA) is 76.8 Å². The van der Waals surface area contributed by atoms with Gasteiger partial charge in [0.05, 0.1) is 11.7 Å². The molecule has 3 atom stereocenters. The molecule has 1 saturated carbocycles. The zero-order valence-corrected chi connectivity index (χ0v) is 14.6. The molecule has 6 heteroatoms. The molecule has 0 unspecified atom stereocenters. The van der Waals surface area contributed by atoms with Crippen molar-refractivity contribution in [3.05, 3.63) is 29.8 Å².